The van der Waals surface area contributed by atoms with Crippen LogP contribution in [-0.4, -0.2) is 40.8 Å². The summed E-state index contributed by atoms with van der Waals surface area (Å²) >= 11 is 0. The van der Waals surface area contributed by atoms with Crippen molar-refractivity contribution in [2.75, 3.05) is 14.2 Å². The van der Waals surface area contributed by atoms with Gasteiger partial charge in [0.05, 0.1) is 24.9 Å². The van der Waals surface area contributed by atoms with Crippen LogP contribution in [0.5, 0.6) is 5.75 Å². The maximum atomic E-state index is 13.5. The van der Waals surface area contributed by atoms with Crippen LogP contribution in [0.1, 0.15) is 16.8 Å². The lowest BCUT2D eigenvalue weighted by Gasteiger charge is -2.21. The fourth-order valence-corrected chi connectivity index (χ4v) is 3.74. The van der Waals surface area contributed by atoms with Crippen molar-refractivity contribution in [1.82, 2.24) is 14.8 Å². The molecule has 1 aliphatic heterocycles. The molecule has 0 unspecified atom stereocenters. The second kappa shape index (κ2) is 8.83. The number of ether oxygens (including phenoxy) is 1. The Bertz CT molecular complexity index is 1130. The zero-order valence-corrected chi connectivity index (χ0v) is 17.5. The zero-order chi connectivity index (χ0) is 21.8. The number of aromatic nitrogens is 1. The first-order valence-electron chi connectivity index (χ1n) is 9.99. The molecule has 0 N–H and O–H groups in total. The van der Waals surface area contributed by atoms with Gasteiger partial charge in [-0.15, -0.1) is 0 Å². The molecule has 31 heavy (non-hydrogen) atoms. The van der Waals surface area contributed by atoms with E-state index < -0.39 is 0 Å². The van der Waals surface area contributed by atoms with Crippen LogP contribution in [0, 0.1) is 0 Å². The lowest BCUT2D eigenvalue weighted by atomic mass is 10.0. The van der Waals surface area contributed by atoms with E-state index in [0.29, 0.717) is 34.8 Å². The third kappa shape index (κ3) is 4.05. The molecule has 0 saturated carbocycles. The normalized spacial score (nSPS) is 13.7. The summed E-state index contributed by atoms with van der Waals surface area (Å²) in [5.74, 6) is -0.144. The molecule has 4 rings (SSSR count). The molecule has 6 heteroatoms. The van der Waals surface area contributed by atoms with Gasteiger partial charge in [0.25, 0.3) is 11.8 Å². The summed E-state index contributed by atoms with van der Waals surface area (Å²) in [5.41, 5.74) is 2.99. The van der Waals surface area contributed by atoms with Crippen molar-refractivity contribution in [1.29, 1.82) is 0 Å². The quantitative estimate of drug-likeness (QED) is 0.555. The Morgan fingerprint density at radius 1 is 0.903 bits per heavy atom. The lowest BCUT2D eigenvalue weighted by molar-refractivity contribution is -0.138. The molecule has 0 aliphatic carbocycles. The number of rotatable bonds is 7. The average Bonchev–Trinajstić information content (AvgIpc) is 3.05. The number of carbonyl (C=O) groups is 2. The number of carbonyl (C=O) groups excluding carboxylic acids is 2. The number of likely N-dealkylation sites (N-methyl/N-ethyl adjacent to an activating group) is 1. The summed E-state index contributed by atoms with van der Waals surface area (Å²) in [6.07, 6.45) is 1.65. The van der Waals surface area contributed by atoms with E-state index >= 15 is 0 Å². The SMILES string of the molecule is COc1ccccc1C1=C(N(C)Cc2ccccc2)C(=O)N(Cc2ccccn2)C1=O. The third-order valence-electron chi connectivity index (χ3n) is 5.21. The van der Waals surface area contributed by atoms with E-state index in [1.807, 2.05) is 60.5 Å². The Labute approximate surface area is 181 Å². The lowest BCUT2D eigenvalue weighted by Crippen LogP contribution is -2.34. The van der Waals surface area contributed by atoms with E-state index in [-0.39, 0.29) is 18.4 Å². The molecular formula is C25H23N3O3. The molecule has 3 aromatic rings. The summed E-state index contributed by atoms with van der Waals surface area (Å²) < 4.78 is 5.49. The summed E-state index contributed by atoms with van der Waals surface area (Å²) in [5, 5.41) is 0. The molecule has 2 aromatic carbocycles. The minimum Gasteiger partial charge on any atom is -0.496 e. The van der Waals surface area contributed by atoms with E-state index in [1.54, 1.807) is 37.6 Å². The average molecular weight is 413 g/mol. The smallest absolute Gasteiger partial charge is 0.278 e. The van der Waals surface area contributed by atoms with Gasteiger partial charge in [0.2, 0.25) is 0 Å². The molecule has 0 fully saturated rings. The summed E-state index contributed by atoms with van der Waals surface area (Å²) in [6.45, 7) is 0.602. The van der Waals surface area contributed by atoms with Gasteiger partial charge in [-0.1, -0.05) is 54.6 Å². The van der Waals surface area contributed by atoms with Crippen LogP contribution in [0.2, 0.25) is 0 Å². The van der Waals surface area contributed by atoms with Crippen LogP contribution in [0.3, 0.4) is 0 Å². The standard InChI is InChI=1S/C25H23N3O3/c1-27(16-18-10-4-3-5-11-18)23-22(20-13-6-7-14-21(20)31-2)24(29)28(25(23)30)17-19-12-8-9-15-26-19/h3-15H,16-17H2,1-2H3. The highest BCUT2D eigenvalue weighted by Crippen LogP contribution is 2.36. The van der Waals surface area contributed by atoms with Crippen LogP contribution in [0.15, 0.2) is 84.7 Å². The molecule has 2 amide bonds. The van der Waals surface area contributed by atoms with Gasteiger partial charge in [-0.2, -0.15) is 0 Å². The minimum atomic E-state index is -0.352. The van der Waals surface area contributed by atoms with E-state index in [4.69, 9.17) is 4.74 Å². The maximum Gasteiger partial charge on any atom is 0.278 e. The fourth-order valence-electron chi connectivity index (χ4n) is 3.74. The van der Waals surface area contributed by atoms with Crippen LogP contribution >= 0.6 is 0 Å². The highest BCUT2D eigenvalue weighted by atomic mass is 16.5. The van der Waals surface area contributed by atoms with Gasteiger partial charge in [0.1, 0.15) is 11.4 Å². The first-order valence-corrected chi connectivity index (χ1v) is 9.99. The van der Waals surface area contributed by atoms with E-state index in [9.17, 15) is 9.59 Å². The number of para-hydroxylation sites is 1. The second-order valence-electron chi connectivity index (χ2n) is 7.28. The number of amides is 2. The first-order chi connectivity index (χ1) is 15.1. The number of methoxy groups -OCH3 is 1. The van der Waals surface area contributed by atoms with Crippen molar-refractivity contribution >= 4 is 17.4 Å². The molecular weight excluding hydrogens is 390 g/mol. The van der Waals surface area contributed by atoms with Crippen molar-refractivity contribution in [2.24, 2.45) is 0 Å². The van der Waals surface area contributed by atoms with Gasteiger partial charge >= 0.3 is 0 Å². The summed E-state index contributed by atoms with van der Waals surface area (Å²) in [6, 6.07) is 22.5. The largest absolute Gasteiger partial charge is 0.496 e. The minimum absolute atomic E-state index is 0.111. The van der Waals surface area contributed by atoms with Crippen molar-refractivity contribution in [3.05, 3.63) is 102 Å². The fraction of sp³-hybridized carbons (Fsp3) is 0.160. The number of imide groups is 1. The molecule has 1 aliphatic rings. The predicted molar refractivity (Wildman–Crippen MR) is 118 cm³/mol. The zero-order valence-electron chi connectivity index (χ0n) is 17.5. The second-order valence-corrected chi connectivity index (χ2v) is 7.28. The van der Waals surface area contributed by atoms with Crippen LogP contribution in [0.4, 0.5) is 0 Å². The number of hydrogen-bond donors (Lipinski definition) is 0. The van der Waals surface area contributed by atoms with Crippen molar-refractivity contribution < 1.29 is 14.3 Å². The Morgan fingerprint density at radius 3 is 2.32 bits per heavy atom. The molecule has 6 nitrogen and oxygen atoms in total. The maximum absolute atomic E-state index is 13.5. The number of hydrogen-bond acceptors (Lipinski definition) is 5. The van der Waals surface area contributed by atoms with Crippen molar-refractivity contribution in [3.8, 4) is 5.75 Å². The van der Waals surface area contributed by atoms with Crippen LogP contribution in [0.25, 0.3) is 5.57 Å². The highest BCUT2D eigenvalue weighted by molar-refractivity contribution is 6.35. The Balaban J connectivity index is 1.77. The molecule has 156 valence electrons. The monoisotopic (exact) mass is 413 g/mol. The molecule has 0 atom stereocenters. The first kappa shape index (κ1) is 20.3. The molecule has 0 radical (unpaired) electrons. The van der Waals surface area contributed by atoms with Crippen molar-refractivity contribution in [2.45, 2.75) is 13.1 Å². The predicted octanol–water partition coefficient (Wildman–Crippen LogP) is 3.50. The molecule has 0 spiro atoms. The van der Waals surface area contributed by atoms with E-state index in [1.165, 1.54) is 4.90 Å². The third-order valence-corrected chi connectivity index (χ3v) is 5.21. The van der Waals surface area contributed by atoms with E-state index in [2.05, 4.69) is 4.98 Å². The highest BCUT2D eigenvalue weighted by Gasteiger charge is 2.41. The molecule has 0 saturated heterocycles. The topological polar surface area (TPSA) is 62.7 Å². The summed E-state index contributed by atoms with van der Waals surface area (Å²) in [7, 11) is 3.38. The molecule has 2 heterocycles. The van der Waals surface area contributed by atoms with E-state index in [0.717, 1.165) is 5.56 Å². The van der Waals surface area contributed by atoms with Crippen molar-refractivity contribution in [3.63, 3.8) is 0 Å². The Hall–Kier alpha value is -3.93. The summed E-state index contributed by atoms with van der Waals surface area (Å²) in [4.78, 5) is 34.3. The van der Waals surface area contributed by atoms with Crippen LogP contribution in [-0.2, 0) is 22.7 Å². The molecule has 0 bridgehead atoms. The van der Waals surface area contributed by atoms with Gasteiger partial charge < -0.3 is 9.64 Å². The van der Waals surface area contributed by atoms with Gasteiger partial charge in [-0.05, 0) is 23.8 Å². The van der Waals surface area contributed by atoms with Crippen LogP contribution < -0.4 is 4.74 Å². The van der Waals surface area contributed by atoms with Gasteiger partial charge in [0.15, 0.2) is 0 Å². The Morgan fingerprint density at radius 2 is 1.61 bits per heavy atom. The number of benzene rings is 2. The number of pyridine rings is 1. The Kier molecular flexibility index (Phi) is 5.80. The number of nitrogens with zero attached hydrogens (tertiary/aromatic N) is 3. The van der Waals surface area contributed by atoms with Gasteiger partial charge in [-0.3, -0.25) is 19.5 Å². The van der Waals surface area contributed by atoms with Gasteiger partial charge in [0, 0.05) is 25.4 Å². The van der Waals surface area contributed by atoms with Gasteiger partial charge in [-0.25, -0.2) is 0 Å². The molecule has 1 aromatic heterocycles.